The molecule has 0 saturated heterocycles. The van der Waals surface area contributed by atoms with Gasteiger partial charge in [0.05, 0.1) is 11.3 Å². The van der Waals surface area contributed by atoms with Crippen LogP contribution in [0.4, 0.5) is 5.95 Å². The van der Waals surface area contributed by atoms with Crippen molar-refractivity contribution in [2.45, 2.75) is 54.4 Å². The lowest BCUT2D eigenvalue weighted by molar-refractivity contribution is 0.0998. The third-order valence-electron chi connectivity index (χ3n) is 2.60. The summed E-state index contributed by atoms with van der Waals surface area (Å²) in [6.45, 7) is 12.2. The quantitative estimate of drug-likeness (QED) is 0.868. The van der Waals surface area contributed by atoms with Crippen molar-refractivity contribution in [2.75, 3.05) is 12.4 Å². The highest BCUT2D eigenvalue weighted by atomic mass is 16.1. The zero-order chi connectivity index (χ0) is 16.1. The van der Waals surface area contributed by atoms with Crippen molar-refractivity contribution < 1.29 is 4.79 Å². The van der Waals surface area contributed by atoms with E-state index in [4.69, 9.17) is 5.73 Å². The summed E-state index contributed by atoms with van der Waals surface area (Å²) < 4.78 is 0. The van der Waals surface area contributed by atoms with Crippen molar-refractivity contribution in [3.8, 4) is 0 Å². The molecule has 3 N–H and O–H groups in total. The van der Waals surface area contributed by atoms with Crippen LogP contribution in [-0.2, 0) is 6.42 Å². The Kier molecular flexibility index (Phi) is 12.8. The lowest BCUT2D eigenvalue weighted by Crippen LogP contribution is -2.17. The first kappa shape index (κ1) is 20.7. The number of amides is 1. The molecule has 1 rings (SSSR count). The van der Waals surface area contributed by atoms with Crippen LogP contribution in [0.15, 0.2) is 6.20 Å². The van der Waals surface area contributed by atoms with Crippen LogP contribution in [0.25, 0.3) is 0 Å². The molecule has 20 heavy (non-hydrogen) atoms. The van der Waals surface area contributed by atoms with Gasteiger partial charge >= 0.3 is 0 Å². The van der Waals surface area contributed by atoms with E-state index in [0.717, 1.165) is 18.5 Å². The summed E-state index contributed by atoms with van der Waals surface area (Å²) in [5.41, 5.74) is 6.42. The first-order valence-corrected chi connectivity index (χ1v) is 7.42. The number of hydrogen-bond acceptors (Lipinski definition) is 4. The van der Waals surface area contributed by atoms with Gasteiger partial charge in [-0.25, -0.2) is 9.97 Å². The van der Waals surface area contributed by atoms with Crippen molar-refractivity contribution in [3.63, 3.8) is 0 Å². The second-order valence-electron chi connectivity index (χ2n) is 3.89. The Morgan fingerprint density at radius 3 is 2.30 bits per heavy atom. The van der Waals surface area contributed by atoms with Gasteiger partial charge < -0.3 is 11.1 Å². The number of aromatic nitrogens is 2. The number of nitrogens with two attached hydrogens (primary N) is 1. The molecule has 0 aliphatic rings. The molecule has 5 heteroatoms. The summed E-state index contributed by atoms with van der Waals surface area (Å²) in [4.78, 5) is 19.5. The maximum atomic E-state index is 11.2. The summed E-state index contributed by atoms with van der Waals surface area (Å²) in [5.74, 6) is 0.516. The first-order valence-electron chi connectivity index (χ1n) is 7.42. The van der Waals surface area contributed by atoms with Crippen LogP contribution < -0.4 is 11.1 Å². The van der Waals surface area contributed by atoms with Crippen LogP contribution in [0.1, 0.15) is 64.0 Å². The van der Waals surface area contributed by atoms with E-state index >= 15 is 0 Å². The second kappa shape index (κ2) is 12.4. The topological polar surface area (TPSA) is 80.9 Å². The largest absolute Gasteiger partial charge is 0.365 e. The lowest BCUT2D eigenvalue weighted by atomic mass is 10.00. The van der Waals surface area contributed by atoms with E-state index in [1.165, 1.54) is 6.20 Å². The van der Waals surface area contributed by atoms with E-state index in [0.29, 0.717) is 17.4 Å². The molecular formula is C15H30N4O. The van der Waals surface area contributed by atoms with Crippen molar-refractivity contribution in [1.29, 1.82) is 0 Å². The molecule has 5 nitrogen and oxygen atoms in total. The number of anilines is 1. The highest BCUT2D eigenvalue weighted by molar-refractivity contribution is 5.93. The smallest absolute Gasteiger partial charge is 0.252 e. The molecule has 1 aromatic heterocycles. The van der Waals surface area contributed by atoms with E-state index in [1.807, 2.05) is 27.7 Å². The minimum Gasteiger partial charge on any atom is -0.365 e. The molecule has 1 aromatic rings. The monoisotopic (exact) mass is 282 g/mol. The van der Waals surface area contributed by atoms with Crippen LogP contribution in [0.3, 0.4) is 0 Å². The van der Waals surface area contributed by atoms with Gasteiger partial charge in [-0.15, -0.1) is 0 Å². The molecule has 0 aliphatic heterocycles. The number of rotatable bonds is 5. The molecule has 1 unspecified atom stereocenters. The fourth-order valence-corrected chi connectivity index (χ4v) is 1.37. The Balaban J connectivity index is 0. The zero-order valence-electron chi connectivity index (χ0n) is 13.9. The normalized spacial score (nSPS) is 10.3. The van der Waals surface area contributed by atoms with Gasteiger partial charge in [0.25, 0.3) is 5.91 Å². The summed E-state index contributed by atoms with van der Waals surface area (Å²) in [7, 11) is 1.74. The van der Waals surface area contributed by atoms with Gasteiger partial charge in [0, 0.05) is 13.2 Å². The zero-order valence-corrected chi connectivity index (χ0v) is 13.9. The van der Waals surface area contributed by atoms with Gasteiger partial charge in [-0.2, -0.15) is 0 Å². The summed E-state index contributed by atoms with van der Waals surface area (Å²) in [6, 6.07) is 0. The predicted molar refractivity (Wildman–Crippen MR) is 86.0 cm³/mol. The number of nitrogens with zero attached hydrogens (tertiary/aromatic N) is 2. The van der Waals surface area contributed by atoms with Crippen molar-refractivity contribution in [2.24, 2.45) is 11.7 Å². The molecule has 0 saturated carbocycles. The fraction of sp³-hybridized carbons (Fsp3) is 0.667. The number of carbonyl (C=O) groups is 1. The van der Waals surface area contributed by atoms with Crippen LogP contribution >= 0.6 is 0 Å². The van der Waals surface area contributed by atoms with Crippen LogP contribution in [0, 0.1) is 5.92 Å². The van der Waals surface area contributed by atoms with E-state index in [1.54, 1.807) is 7.05 Å². The van der Waals surface area contributed by atoms with E-state index in [2.05, 4.69) is 29.1 Å². The minimum absolute atomic E-state index is 0.416. The lowest BCUT2D eigenvalue weighted by Gasteiger charge is -2.11. The summed E-state index contributed by atoms with van der Waals surface area (Å²) >= 11 is 0. The maximum absolute atomic E-state index is 11.2. The molecule has 0 fully saturated rings. The fourth-order valence-electron chi connectivity index (χ4n) is 1.37. The molecule has 0 radical (unpaired) electrons. The Bertz CT molecular complexity index is 380. The van der Waals surface area contributed by atoms with Gasteiger partial charge in [-0.1, -0.05) is 48.0 Å². The van der Waals surface area contributed by atoms with Crippen LogP contribution in [-0.4, -0.2) is 22.9 Å². The van der Waals surface area contributed by atoms with Crippen LogP contribution in [0.2, 0.25) is 0 Å². The average molecular weight is 282 g/mol. The Hall–Kier alpha value is -1.65. The first-order chi connectivity index (χ1) is 9.58. The van der Waals surface area contributed by atoms with E-state index in [-0.39, 0.29) is 0 Å². The third kappa shape index (κ3) is 7.07. The standard InChI is InChI=1S/C11H18N4O.2C2H6/c1-4-7(2)5-9-8(10(12)16)6-14-11(13-3)15-9;2*1-2/h6-7H,4-5H2,1-3H3,(H2,12,16)(H,13,14,15);2*1-2H3. The average Bonchev–Trinajstić information content (AvgIpc) is 2.50. The summed E-state index contributed by atoms with van der Waals surface area (Å²) in [5, 5.41) is 2.85. The highest BCUT2D eigenvalue weighted by Crippen LogP contribution is 2.14. The molecule has 0 bridgehead atoms. The number of carbonyl (C=O) groups excluding carboxylic acids is 1. The maximum Gasteiger partial charge on any atom is 0.252 e. The molecule has 1 heterocycles. The minimum atomic E-state index is -0.471. The second-order valence-corrected chi connectivity index (χ2v) is 3.89. The van der Waals surface area contributed by atoms with E-state index < -0.39 is 5.91 Å². The molecule has 0 spiro atoms. The van der Waals surface area contributed by atoms with Crippen LogP contribution in [0.5, 0.6) is 0 Å². The summed E-state index contributed by atoms with van der Waals surface area (Å²) in [6.07, 6.45) is 3.27. The van der Waals surface area contributed by atoms with Gasteiger partial charge in [0.2, 0.25) is 5.95 Å². The molecule has 0 aromatic carbocycles. The number of hydrogen-bond donors (Lipinski definition) is 2. The third-order valence-corrected chi connectivity index (χ3v) is 2.60. The SMILES string of the molecule is CC.CC.CCC(C)Cc1nc(NC)ncc1C(N)=O. The molecule has 116 valence electrons. The molecule has 1 amide bonds. The molecular weight excluding hydrogens is 252 g/mol. The Morgan fingerprint density at radius 1 is 1.35 bits per heavy atom. The number of nitrogens with one attached hydrogen (secondary N) is 1. The highest BCUT2D eigenvalue weighted by Gasteiger charge is 2.13. The Morgan fingerprint density at radius 2 is 1.90 bits per heavy atom. The molecule has 0 aliphatic carbocycles. The Labute approximate surface area is 123 Å². The molecule has 1 atom stereocenters. The van der Waals surface area contributed by atoms with Gasteiger partial charge in [0.1, 0.15) is 0 Å². The van der Waals surface area contributed by atoms with Crippen molar-refractivity contribution in [3.05, 3.63) is 17.5 Å². The van der Waals surface area contributed by atoms with Crippen molar-refractivity contribution >= 4 is 11.9 Å². The van der Waals surface area contributed by atoms with E-state index in [9.17, 15) is 4.79 Å². The van der Waals surface area contributed by atoms with Gasteiger partial charge in [-0.3, -0.25) is 4.79 Å². The van der Waals surface area contributed by atoms with Gasteiger partial charge in [0.15, 0.2) is 0 Å². The number of primary amides is 1. The predicted octanol–water partition coefficient (Wildman–Crippen LogP) is 3.26. The van der Waals surface area contributed by atoms with Crippen molar-refractivity contribution in [1.82, 2.24) is 9.97 Å². The van der Waals surface area contributed by atoms with Gasteiger partial charge in [-0.05, 0) is 12.3 Å².